The van der Waals surface area contributed by atoms with Crippen molar-refractivity contribution in [3.05, 3.63) is 0 Å². The third kappa shape index (κ3) is 13.3. The van der Waals surface area contributed by atoms with E-state index >= 15 is 0 Å². The fourth-order valence-electron chi connectivity index (χ4n) is 1.48. The van der Waals surface area contributed by atoms with E-state index in [2.05, 4.69) is 9.47 Å². The summed E-state index contributed by atoms with van der Waals surface area (Å²) in [5, 5.41) is 0. The van der Waals surface area contributed by atoms with Gasteiger partial charge < -0.3 is 18.9 Å². The molecule has 0 amide bonds. The molecule has 6 heteroatoms. The molecule has 0 saturated heterocycles. The second-order valence-electron chi connectivity index (χ2n) is 4.29. The molecule has 118 valence electrons. The highest BCUT2D eigenvalue weighted by Crippen LogP contribution is 2.01. The molecule has 0 unspecified atom stereocenters. The first-order valence-corrected chi connectivity index (χ1v) is 6.99. The Bertz CT molecular complexity index is 228. The van der Waals surface area contributed by atoms with Gasteiger partial charge in [-0.3, -0.25) is 9.59 Å². The summed E-state index contributed by atoms with van der Waals surface area (Å²) in [5.74, 6) is -0.483. The van der Waals surface area contributed by atoms with E-state index in [1.54, 1.807) is 0 Å². The largest absolute Gasteiger partial charge is 0.469 e. The number of carbonyl (C=O) groups is 2. The summed E-state index contributed by atoms with van der Waals surface area (Å²) < 4.78 is 19.6. The molecule has 0 aromatic heterocycles. The molecule has 0 aliphatic carbocycles. The smallest absolute Gasteiger partial charge is 0.307 e. The lowest BCUT2D eigenvalue weighted by molar-refractivity contribution is -0.142. The molecule has 0 N–H and O–H groups in total. The van der Waals surface area contributed by atoms with Crippen LogP contribution in [0.25, 0.3) is 0 Å². The summed E-state index contributed by atoms with van der Waals surface area (Å²) in [6, 6.07) is 0. The third-order valence-corrected chi connectivity index (χ3v) is 2.68. The molecule has 0 bridgehead atoms. The maximum atomic E-state index is 10.8. The first-order valence-electron chi connectivity index (χ1n) is 6.99. The number of rotatable bonds is 13. The van der Waals surface area contributed by atoms with Gasteiger partial charge in [-0.2, -0.15) is 0 Å². The Morgan fingerprint density at radius 3 is 1.40 bits per heavy atom. The Hall–Kier alpha value is -1.14. The summed E-state index contributed by atoms with van der Waals surface area (Å²) in [4.78, 5) is 21.6. The molecular weight excluding hydrogens is 264 g/mol. The van der Waals surface area contributed by atoms with E-state index in [4.69, 9.17) is 9.47 Å². The normalized spacial score (nSPS) is 10.3. The van der Waals surface area contributed by atoms with Gasteiger partial charge in [0.25, 0.3) is 0 Å². The molecule has 0 fully saturated rings. The van der Waals surface area contributed by atoms with E-state index in [9.17, 15) is 9.59 Å². The van der Waals surface area contributed by atoms with Crippen molar-refractivity contribution in [1.82, 2.24) is 0 Å². The standard InChI is InChI=1S/C14H26O6/c1-17-13(15)7-11-19-9-5-3-4-6-10-20-12-8-14(16)18-2/h3-12H2,1-2H3. The monoisotopic (exact) mass is 290 g/mol. The van der Waals surface area contributed by atoms with Crippen LogP contribution in [0, 0.1) is 0 Å². The highest BCUT2D eigenvalue weighted by atomic mass is 16.5. The Kier molecular flexibility index (Phi) is 13.5. The van der Waals surface area contributed by atoms with Gasteiger partial charge >= 0.3 is 11.9 Å². The quantitative estimate of drug-likeness (QED) is 0.380. The van der Waals surface area contributed by atoms with Crippen LogP contribution in [0.1, 0.15) is 38.5 Å². The van der Waals surface area contributed by atoms with Gasteiger partial charge in [0, 0.05) is 13.2 Å². The molecule has 0 radical (unpaired) electrons. The Labute approximate surface area is 120 Å². The molecular formula is C14H26O6. The topological polar surface area (TPSA) is 71.1 Å². The van der Waals surface area contributed by atoms with Crippen LogP contribution in [0.15, 0.2) is 0 Å². The van der Waals surface area contributed by atoms with Gasteiger partial charge in [-0.25, -0.2) is 0 Å². The summed E-state index contributed by atoms with van der Waals surface area (Å²) in [6.45, 7) is 2.17. The molecule has 0 aliphatic rings. The van der Waals surface area contributed by atoms with Crippen LogP contribution < -0.4 is 0 Å². The number of unbranched alkanes of at least 4 members (excludes halogenated alkanes) is 3. The van der Waals surface area contributed by atoms with Crippen LogP contribution in [0.3, 0.4) is 0 Å². The number of hydrogen-bond acceptors (Lipinski definition) is 6. The van der Waals surface area contributed by atoms with Crippen LogP contribution >= 0.6 is 0 Å². The van der Waals surface area contributed by atoms with Crippen LogP contribution in [0.4, 0.5) is 0 Å². The first-order chi connectivity index (χ1) is 9.70. The average molecular weight is 290 g/mol. The van der Waals surface area contributed by atoms with Gasteiger partial charge in [-0.05, 0) is 12.8 Å². The minimum Gasteiger partial charge on any atom is -0.469 e. The van der Waals surface area contributed by atoms with Gasteiger partial charge in [0.2, 0.25) is 0 Å². The van der Waals surface area contributed by atoms with Crippen molar-refractivity contribution >= 4 is 11.9 Å². The van der Waals surface area contributed by atoms with Gasteiger partial charge in [0.1, 0.15) is 0 Å². The van der Waals surface area contributed by atoms with Crippen LogP contribution in [-0.4, -0.2) is 52.6 Å². The highest BCUT2D eigenvalue weighted by Gasteiger charge is 2.00. The maximum absolute atomic E-state index is 10.8. The third-order valence-electron chi connectivity index (χ3n) is 2.68. The van der Waals surface area contributed by atoms with E-state index in [-0.39, 0.29) is 11.9 Å². The number of carbonyl (C=O) groups excluding carboxylic acids is 2. The lowest BCUT2D eigenvalue weighted by Gasteiger charge is -2.05. The van der Waals surface area contributed by atoms with E-state index < -0.39 is 0 Å². The van der Waals surface area contributed by atoms with Crippen molar-refractivity contribution in [1.29, 1.82) is 0 Å². The second kappa shape index (κ2) is 14.3. The van der Waals surface area contributed by atoms with E-state index in [1.807, 2.05) is 0 Å². The van der Waals surface area contributed by atoms with Crippen molar-refractivity contribution in [2.75, 3.05) is 40.6 Å². The summed E-state index contributed by atoms with van der Waals surface area (Å²) in [7, 11) is 2.74. The molecule has 0 rings (SSSR count). The lowest BCUT2D eigenvalue weighted by Crippen LogP contribution is -2.07. The van der Waals surface area contributed by atoms with Crippen molar-refractivity contribution in [2.24, 2.45) is 0 Å². The molecule has 0 aromatic carbocycles. The minimum atomic E-state index is -0.242. The zero-order valence-electron chi connectivity index (χ0n) is 12.5. The van der Waals surface area contributed by atoms with Gasteiger partial charge in [-0.15, -0.1) is 0 Å². The summed E-state index contributed by atoms with van der Waals surface area (Å²) in [6.07, 6.45) is 4.71. The highest BCUT2D eigenvalue weighted by molar-refractivity contribution is 5.69. The van der Waals surface area contributed by atoms with Gasteiger partial charge in [0.05, 0.1) is 40.3 Å². The van der Waals surface area contributed by atoms with Crippen molar-refractivity contribution in [2.45, 2.75) is 38.5 Å². The Morgan fingerprint density at radius 1 is 0.650 bits per heavy atom. The SMILES string of the molecule is COC(=O)CCOCCCCCCOCCC(=O)OC. The predicted molar refractivity (Wildman–Crippen MR) is 73.4 cm³/mol. The average Bonchev–Trinajstić information content (AvgIpc) is 2.47. The summed E-state index contributed by atoms with van der Waals surface area (Å²) >= 11 is 0. The number of ether oxygens (including phenoxy) is 4. The Morgan fingerprint density at radius 2 is 1.05 bits per heavy atom. The number of methoxy groups -OCH3 is 2. The number of esters is 2. The van der Waals surface area contributed by atoms with Crippen molar-refractivity contribution in [3.63, 3.8) is 0 Å². The molecule has 20 heavy (non-hydrogen) atoms. The zero-order valence-corrected chi connectivity index (χ0v) is 12.5. The van der Waals surface area contributed by atoms with Crippen molar-refractivity contribution in [3.8, 4) is 0 Å². The van der Waals surface area contributed by atoms with Crippen molar-refractivity contribution < 1.29 is 28.5 Å². The number of hydrogen-bond donors (Lipinski definition) is 0. The molecule has 0 aliphatic heterocycles. The Balaban J connectivity index is 3.06. The predicted octanol–water partition coefficient (Wildman–Crippen LogP) is 1.71. The fraction of sp³-hybridized carbons (Fsp3) is 0.857. The second-order valence-corrected chi connectivity index (χ2v) is 4.29. The van der Waals surface area contributed by atoms with Gasteiger partial charge in [-0.1, -0.05) is 12.8 Å². The van der Waals surface area contributed by atoms with Gasteiger partial charge in [0.15, 0.2) is 0 Å². The van der Waals surface area contributed by atoms with E-state index in [0.29, 0.717) is 39.3 Å². The first kappa shape index (κ1) is 18.9. The fourth-order valence-corrected chi connectivity index (χ4v) is 1.48. The minimum absolute atomic E-state index is 0.242. The van der Waals surface area contributed by atoms with Crippen LogP contribution in [0.5, 0.6) is 0 Å². The zero-order chi connectivity index (χ0) is 15.1. The van der Waals surface area contributed by atoms with Crippen LogP contribution in [-0.2, 0) is 28.5 Å². The maximum Gasteiger partial charge on any atom is 0.307 e. The molecule has 0 spiro atoms. The summed E-state index contributed by atoms with van der Waals surface area (Å²) in [5.41, 5.74) is 0. The molecule has 0 saturated carbocycles. The van der Waals surface area contributed by atoms with E-state index in [1.165, 1.54) is 14.2 Å². The molecule has 6 nitrogen and oxygen atoms in total. The molecule has 0 heterocycles. The lowest BCUT2D eigenvalue weighted by atomic mass is 10.2. The van der Waals surface area contributed by atoms with Crippen LogP contribution in [0.2, 0.25) is 0 Å². The molecule has 0 aromatic rings. The molecule has 0 atom stereocenters. The van der Waals surface area contributed by atoms with E-state index in [0.717, 1.165) is 25.7 Å².